The minimum absolute atomic E-state index is 0.958. The summed E-state index contributed by atoms with van der Waals surface area (Å²) in [4.78, 5) is 0. The molecule has 0 aromatic rings. The van der Waals surface area contributed by atoms with E-state index in [4.69, 9.17) is 8.54 Å². The summed E-state index contributed by atoms with van der Waals surface area (Å²) in [6, 6.07) is 0. The third kappa shape index (κ3) is 4.44. The van der Waals surface area contributed by atoms with Gasteiger partial charge in [0.05, 0.1) is 5.76 Å². The van der Waals surface area contributed by atoms with Gasteiger partial charge in [0.2, 0.25) is 0 Å². The van der Waals surface area contributed by atoms with Gasteiger partial charge in [0.1, 0.15) is 0 Å². The average Bonchev–Trinajstić information content (AvgIpc) is 2.02. The van der Waals surface area contributed by atoms with E-state index in [9.17, 15) is 0 Å². The van der Waals surface area contributed by atoms with E-state index in [0.29, 0.717) is 0 Å². The fourth-order valence-electron chi connectivity index (χ4n) is 1.81. The van der Waals surface area contributed by atoms with Crippen LogP contribution in [0.2, 0.25) is 26.2 Å². The molecule has 0 unspecified atom stereocenters. The molecule has 0 aliphatic heterocycles. The molecular weight excluding hydrogens is 208 g/mol. The Bertz CT molecular complexity index is 212. The molecule has 0 saturated carbocycles. The summed E-state index contributed by atoms with van der Waals surface area (Å²) >= 11 is 0. The van der Waals surface area contributed by atoms with Crippen LogP contribution in [0.5, 0.6) is 0 Å². The monoisotopic (exact) mass is 230 g/mol. The summed E-state index contributed by atoms with van der Waals surface area (Å²) < 4.78 is 12.0. The fourth-order valence-corrected chi connectivity index (χ4v) is 7.36. The molecule has 0 bridgehead atoms. The van der Waals surface area contributed by atoms with Crippen LogP contribution in [0.1, 0.15) is 25.7 Å². The molecule has 0 saturated heterocycles. The summed E-state index contributed by atoms with van der Waals surface area (Å²) in [5.41, 5.74) is 0. The first-order valence-electron chi connectivity index (χ1n) is 5.55. The molecule has 0 radical (unpaired) electrons. The lowest BCUT2D eigenvalue weighted by Crippen LogP contribution is -2.38. The maximum Gasteiger partial charge on any atom is 0.381 e. The smallest absolute Gasteiger partial charge is 0.381 e. The molecule has 0 aromatic carbocycles. The summed E-state index contributed by atoms with van der Waals surface area (Å²) in [6.45, 7) is 8.70. The molecule has 0 atom stereocenters. The van der Waals surface area contributed by atoms with Crippen molar-refractivity contribution in [1.29, 1.82) is 0 Å². The van der Waals surface area contributed by atoms with Crippen LogP contribution in [0.25, 0.3) is 0 Å². The molecule has 0 aromatic heterocycles. The standard InChI is InChI=1S/C10H22O2Si2/c1-13(2)12-14(3,4)11-10-8-6-5-7-9-10/h8,13H,5-7,9H2,1-4H3. The van der Waals surface area contributed by atoms with E-state index in [1.807, 2.05) is 0 Å². The van der Waals surface area contributed by atoms with Crippen LogP contribution in [0.4, 0.5) is 0 Å². The number of hydrogen-bond donors (Lipinski definition) is 0. The van der Waals surface area contributed by atoms with Gasteiger partial charge in [0.25, 0.3) is 0 Å². The molecule has 2 nitrogen and oxygen atoms in total. The molecule has 1 aliphatic carbocycles. The Labute approximate surface area is 90.3 Å². The Morgan fingerprint density at radius 1 is 1.29 bits per heavy atom. The van der Waals surface area contributed by atoms with Crippen LogP contribution < -0.4 is 0 Å². The van der Waals surface area contributed by atoms with Gasteiger partial charge in [-0.3, -0.25) is 0 Å². The van der Waals surface area contributed by atoms with Gasteiger partial charge >= 0.3 is 8.56 Å². The zero-order valence-corrected chi connectivity index (χ0v) is 12.0. The molecule has 0 fully saturated rings. The van der Waals surface area contributed by atoms with Gasteiger partial charge < -0.3 is 8.54 Å². The quantitative estimate of drug-likeness (QED) is 0.691. The molecule has 4 heteroatoms. The summed E-state index contributed by atoms with van der Waals surface area (Å²) in [6.07, 6.45) is 7.12. The van der Waals surface area contributed by atoms with Crippen LogP contribution >= 0.6 is 0 Å². The summed E-state index contributed by atoms with van der Waals surface area (Å²) in [5.74, 6) is 1.18. The van der Waals surface area contributed by atoms with Gasteiger partial charge in [0.15, 0.2) is 9.04 Å². The van der Waals surface area contributed by atoms with Crippen molar-refractivity contribution in [3.8, 4) is 0 Å². The lowest BCUT2D eigenvalue weighted by atomic mass is 10.1. The minimum Gasteiger partial charge on any atom is -0.525 e. The predicted octanol–water partition coefficient (Wildman–Crippen LogP) is 3.16. The van der Waals surface area contributed by atoms with E-state index in [-0.39, 0.29) is 0 Å². The van der Waals surface area contributed by atoms with Gasteiger partial charge in [-0.05, 0) is 51.5 Å². The number of rotatable bonds is 4. The van der Waals surface area contributed by atoms with Gasteiger partial charge in [0, 0.05) is 6.42 Å². The lowest BCUT2D eigenvalue weighted by Gasteiger charge is -2.28. The Kier molecular flexibility index (Phi) is 4.41. The normalized spacial score (nSPS) is 18.2. The SMILES string of the molecule is C[SiH](C)O[Si](C)(C)OC1=CCCCC1. The molecule has 82 valence electrons. The van der Waals surface area contributed by atoms with E-state index in [2.05, 4.69) is 32.3 Å². The van der Waals surface area contributed by atoms with Gasteiger partial charge in [-0.15, -0.1) is 0 Å². The second-order valence-corrected chi connectivity index (χ2v) is 10.6. The Morgan fingerprint density at radius 3 is 2.50 bits per heavy atom. The topological polar surface area (TPSA) is 18.5 Å². The second-order valence-electron chi connectivity index (χ2n) is 4.58. The summed E-state index contributed by atoms with van der Waals surface area (Å²) in [5, 5.41) is 0. The summed E-state index contributed by atoms with van der Waals surface area (Å²) in [7, 11) is -2.82. The van der Waals surface area contributed by atoms with Crippen molar-refractivity contribution in [2.75, 3.05) is 0 Å². The van der Waals surface area contributed by atoms with Crippen LogP contribution in [-0.2, 0) is 8.54 Å². The second kappa shape index (κ2) is 5.14. The molecular formula is C10H22O2Si2. The van der Waals surface area contributed by atoms with E-state index in [1.54, 1.807) is 0 Å². The van der Waals surface area contributed by atoms with E-state index in [1.165, 1.54) is 25.0 Å². The zero-order chi connectivity index (χ0) is 10.6. The highest BCUT2D eigenvalue weighted by molar-refractivity contribution is 6.73. The third-order valence-corrected chi connectivity index (χ3v) is 7.06. The van der Waals surface area contributed by atoms with Gasteiger partial charge in [-0.2, -0.15) is 0 Å². The van der Waals surface area contributed by atoms with Crippen LogP contribution in [0.3, 0.4) is 0 Å². The highest BCUT2D eigenvalue weighted by Crippen LogP contribution is 2.22. The highest BCUT2D eigenvalue weighted by Gasteiger charge is 2.28. The Morgan fingerprint density at radius 2 is 2.00 bits per heavy atom. The average molecular weight is 230 g/mol. The van der Waals surface area contributed by atoms with Crippen LogP contribution in [0.15, 0.2) is 11.8 Å². The molecule has 0 amide bonds. The first-order valence-corrected chi connectivity index (χ1v) is 11.2. The largest absolute Gasteiger partial charge is 0.525 e. The molecule has 14 heavy (non-hydrogen) atoms. The predicted molar refractivity (Wildman–Crippen MR) is 65.1 cm³/mol. The van der Waals surface area contributed by atoms with Crippen molar-refractivity contribution in [1.82, 2.24) is 0 Å². The van der Waals surface area contributed by atoms with Crippen molar-refractivity contribution in [3.63, 3.8) is 0 Å². The number of hydrogen-bond acceptors (Lipinski definition) is 2. The van der Waals surface area contributed by atoms with Crippen molar-refractivity contribution >= 4 is 17.6 Å². The maximum absolute atomic E-state index is 6.00. The van der Waals surface area contributed by atoms with Crippen LogP contribution in [-0.4, -0.2) is 17.6 Å². The highest BCUT2D eigenvalue weighted by atomic mass is 28.4. The Hall–Kier alpha value is -0.0662. The zero-order valence-electron chi connectivity index (χ0n) is 9.80. The van der Waals surface area contributed by atoms with Gasteiger partial charge in [-0.25, -0.2) is 0 Å². The lowest BCUT2D eigenvalue weighted by molar-refractivity contribution is 0.305. The van der Waals surface area contributed by atoms with E-state index >= 15 is 0 Å². The van der Waals surface area contributed by atoms with E-state index in [0.717, 1.165) is 6.42 Å². The molecule has 0 N–H and O–H groups in total. The van der Waals surface area contributed by atoms with E-state index < -0.39 is 17.6 Å². The molecule has 0 spiro atoms. The van der Waals surface area contributed by atoms with Crippen molar-refractivity contribution in [2.24, 2.45) is 0 Å². The van der Waals surface area contributed by atoms with Gasteiger partial charge in [-0.1, -0.05) is 0 Å². The van der Waals surface area contributed by atoms with Crippen molar-refractivity contribution in [2.45, 2.75) is 51.9 Å². The molecule has 1 rings (SSSR count). The minimum atomic E-state index is -1.86. The van der Waals surface area contributed by atoms with Crippen LogP contribution in [0, 0.1) is 0 Å². The fraction of sp³-hybridized carbons (Fsp3) is 0.800. The molecule has 0 heterocycles. The van der Waals surface area contributed by atoms with Crippen molar-refractivity contribution < 1.29 is 8.54 Å². The first-order chi connectivity index (χ1) is 6.49. The Balaban J connectivity index is 2.44. The third-order valence-electron chi connectivity index (χ3n) is 2.15. The maximum atomic E-state index is 6.00. The first kappa shape index (κ1) is 12.0. The molecule has 1 aliphatic rings. The van der Waals surface area contributed by atoms with Crippen molar-refractivity contribution in [3.05, 3.63) is 11.8 Å². The number of allylic oxidation sites excluding steroid dienone is 2.